The average Bonchev–Trinajstić information content (AvgIpc) is 3.24. The van der Waals surface area contributed by atoms with Crippen LogP contribution >= 0.6 is 0 Å². The Kier molecular flexibility index (Phi) is 4.28. The van der Waals surface area contributed by atoms with Gasteiger partial charge in [-0.25, -0.2) is 9.37 Å². The third-order valence-corrected chi connectivity index (χ3v) is 5.55. The van der Waals surface area contributed by atoms with Crippen LogP contribution in [0.4, 0.5) is 10.2 Å². The number of hydrogen-bond donors (Lipinski definition) is 1. The SMILES string of the molecule is Fc1ccc(-c2cc([C@H]3CCCN(c4nccc5ccccc45)C3)[nH]n2)cc1. The summed E-state index contributed by atoms with van der Waals surface area (Å²) < 4.78 is 13.2. The van der Waals surface area contributed by atoms with Crippen LogP contribution in [0.2, 0.25) is 0 Å². The van der Waals surface area contributed by atoms with Crippen molar-refractivity contribution in [1.29, 1.82) is 0 Å². The number of aromatic amines is 1. The molecule has 140 valence electrons. The Morgan fingerprint density at radius 3 is 2.79 bits per heavy atom. The number of anilines is 1. The summed E-state index contributed by atoms with van der Waals surface area (Å²) in [7, 11) is 0. The Labute approximate surface area is 163 Å². The van der Waals surface area contributed by atoms with Gasteiger partial charge in [-0.05, 0) is 54.6 Å². The number of hydrogen-bond acceptors (Lipinski definition) is 3. The number of benzene rings is 2. The molecule has 0 amide bonds. The second-order valence-electron chi connectivity index (χ2n) is 7.36. The fourth-order valence-corrected chi connectivity index (χ4v) is 4.09. The number of piperidine rings is 1. The van der Waals surface area contributed by atoms with Crippen molar-refractivity contribution < 1.29 is 4.39 Å². The molecule has 1 aliphatic rings. The Morgan fingerprint density at radius 1 is 1.04 bits per heavy atom. The van der Waals surface area contributed by atoms with Crippen molar-refractivity contribution in [2.24, 2.45) is 0 Å². The van der Waals surface area contributed by atoms with Gasteiger partial charge in [0.1, 0.15) is 11.6 Å². The highest BCUT2D eigenvalue weighted by molar-refractivity contribution is 5.92. The van der Waals surface area contributed by atoms with Gasteiger partial charge in [-0.1, -0.05) is 24.3 Å². The van der Waals surface area contributed by atoms with Gasteiger partial charge < -0.3 is 4.90 Å². The lowest BCUT2D eigenvalue weighted by molar-refractivity contribution is 0.499. The van der Waals surface area contributed by atoms with E-state index in [2.05, 4.69) is 56.5 Å². The fourth-order valence-electron chi connectivity index (χ4n) is 4.09. The number of aromatic nitrogens is 3. The molecule has 0 radical (unpaired) electrons. The molecule has 5 heteroatoms. The number of nitrogens with zero attached hydrogens (tertiary/aromatic N) is 3. The summed E-state index contributed by atoms with van der Waals surface area (Å²) in [6.45, 7) is 1.92. The number of rotatable bonds is 3. The van der Waals surface area contributed by atoms with E-state index in [4.69, 9.17) is 0 Å². The summed E-state index contributed by atoms with van der Waals surface area (Å²) in [5, 5.41) is 10.1. The van der Waals surface area contributed by atoms with Gasteiger partial charge in [0.2, 0.25) is 0 Å². The maximum atomic E-state index is 13.2. The molecule has 1 fully saturated rings. The van der Waals surface area contributed by atoms with Crippen LogP contribution in [-0.2, 0) is 0 Å². The lowest BCUT2D eigenvalue weighted by Crippen LogP contribution is -2.35. The van der Waals surface area contributed by atoms with Crippen molar-refractivity contribution in [1.82, 2.24) is 15.2 Å². The molecule has 0 saturated carbocycles. The van der Waals surface area contributed by atoms with E-state index in [9.17, 15) is 4.39 Å². The molecule has 1 N–H and O–H groups in total. The minimum Gasteiger partial charge on any atom is -0.355 e. The lowest BCUT2D eigenvalue weighted by Gasteiger charge is -2.33. The predicted octanol–water partition coefficient (Wildman–Crippen LogP) is 5.15. The highest BCUT2D eigenvalue weighted by Crippen LogP contribution is 2.33. The molecule has 1 aliphatic heterocycles. The number of fused-ring (bicyclic) bond motifs is 1. The summed E-state index contributed by atoms with van der Waals surface area (Å²) in [4.78, 5) is 7.07. The van der Waals surface area contributed by atoms with Crippen LogP contribution in [0, 0.1) is 5.82 Å². The summed E-state index contributed by atoms with van der Waals surface area (Å²) in [5.41, 5.74) is 2.91. The number of nitrogens with one attached hydrogen (secondary N) is 1. The summed E-state index contributed by atoms with van der Waals surface area (Å²) in [6.07, 6.45) is 4.12. The molecule has 2 aromatic heterocycles. The molecular weight excluding hydrogens is 351 g/mol. The summed E-state index contributed by atoms with van der Waals surface area (Å²) in [5.74, 6) is 1.20. The van der Waals surface area contributed by atoms with E-state index >= 15 is 0 Å². The molecule has 0 aliphatic carbocycles. The number of halogens is 1. The highest BCUT2D eigenvalue weighted by atomic mass is 19.1. The van der Waals surface area contributed by atoms with Gasteiger partial charge in [0.25, 0.3) is 0 Å². The smallest absolute Gasteiger partial charge is 0.136 e. The molecule has 0 unspecified atom stereocenters. The first kappa shape index (κ1) is 16.9. The summed E-state index contributed by atoms with van der Waals surface area (Å²) >= 11 is 0. The minimum absolute atomic E-state index is 0.231. The maximum absolute atomic E-state index is 13.2. The Balaban J connectivity index is 1.41. The normalized spacial score (nSPS) is 17.2. The quantitative estimate of drug-likeness (QED) is 0.541. The van der Waals surface area contributed by atoms with Crippen molar-refractivity contribution in [2.45, 2.75) is 18.8 Å². The van der Waals surface area contributed by atoms with Gasteiger partial charge in [-0.2, -0.15) is 5.10 Å². The van der Waals surface area contributed by atoms with Gasteiger partial charge in [-0.15, -0.1) is 0 Å². The zero-order valence-corrected chi connectivity index (χ0v) is 15.5. The van der Waals surface area contributed by atoms with Crippen molar-refractivity contribution in [2.75, 3.05) is 18.0 Å². The molecular formula is C23H21FN4. The second-order valence-corrected chi connectivity index (χ2v) is 7.36. The Morgan fingerprint density at radius 2 is 1.89 bits per heavy atom. The van der Waals surface area contributed by atoms with E-state index in [1.54, 1.807) is 12.1 Å². The van der Waals surface area contributed by atoms with Crippen LogP contribution in [0.25, 0.3) is 22.0 Å². The van der Waals surface area contributed by atoms with Crippen LogP contribution in [0.15, 0.2) is 66.9 Å². The van der Waals surface area contributed by atoms with Crippen molar-refractivity contribution in [3.63, 3.8) is 0 Å². The van der Waals surface area contributed by atoms with E-state index in [-0.39, 0.29) is 5.82 Å². The zero-order valence-electron chi connectivity index (χ0n) is 15.5. The molecule has 28 heavy (non-hydrogen) atoms. The largest absolute Gasteiger partial charge is 0.355 e. The molecule has 3 heterocycles. The van der Waals surface area contributed by atoms with E-state index in [1.807, 2.05) is 6.20 Å². The lowest BCUT2D eigenvalue weighted by atomic mass is 9.94. The third kappa shape index (κ3) is 3.13. The molecule has 4 aromatic rings. The van der Waals surface area contributed by atoms with Gasteiger partial charge in [0.05, 0.1) is 5.69 Å². The van der Waals surface area contributed by atoms with E-state index in [0.29, 0.717) is 5.92 Å². The Hall–Kier alpha value is -3.21. The second kappa shape index (κ2) is 7.08. The maximum Gasteiger partial charge on any atom is 0.136 e. The summed E-state index contributed by atoms with van der Waals surface area (Å²) in [6, 6.07) is 19.0. The van der Waals surface area contributed by atoms with Crippen LogP contribution in [0.1, 0.15) is 24.5 Å². The molecule has 0 bridgehead atoms. The van der Waals surface area contributed by atoms with Crippen LogP contribution in [0.5, 0.6) is 0 Å². The van der Waals surface area contributed by atoms with Gasteiger partial charge in [0.15, 0.2) is 0 Å². The topological polar surface area (TPSA) is 44.8 Å². The van der Waals surface area contributed by atoms with Crippen molar-refractivity contribution >= 4 is 16.6 Å². The van der Waals surface area contributed by atoms with Crippen LogP contribution < -0.4 is 4.90 Å². The predicted molar refractivity (Wildman–Crippen MR) is 110 cm³/mol. The molecule has 4 nitrogen and oxygen atoms in total. The molecule has 1 atom stereocenters. The van der Waals surface area contributed by atoms with E-state index < -0.39 is 0 Å². The molecule has 5 rings (SSSR count). The fraction of sp³-hybridized carbons (Fsp3) is 0.217. The molecule has 2 aromatic carbocycles. The number of H-pyrrole nitrogens is 1. The molecule has 1 saturated heterocycles. The highest BCUT2D eigenvalue weighted by Gasteiger charge is 2.25. The number of pyridine rings is 1. The van der Waals surface area contributed by atoms with E-state index in [0.717, 1.165) is 48.7 Å². The zero-order chi connectivity index (χ0) is 18.9. The van der Waals surface area contributed by atoms with Crippen LogP contribution in [-0.4, -0.2) is 28.3 Å². The average molecular weight is 372 g/mol. The first-order valence-corrected chi connectivity index (χ1v) is 9.68. The third-order valence-electron chi connectivity index (χ3n) is 5.55. The first-order valence-electron chi connectivity index (χ1n) is 9.68. The monoisotopic (exact) mass is 372 g/mol. The van der Waals surface area contributed by atoms with Gasteiger partial charge in [-0.3, -0.25) is 5.10 Å². The first-order chi connectivity index (χ1) is 13.8. The minimum atomic E-state index is -0.231. The Bertz CT molecular complexity index is 1100. The van der Waals surface area contributed by atoms with Crippen LogP contribution in [0.3, 0.4) is 0 Å². The van der Waals surface area contributed by atoms with Gasteiger partial charge >= 0.3 is 0 Å². The van der Waals surface area contributed by atoms with Crippen molar-refractivity contribution in [3.8, 4) is 11.3 Å². The van der Waals surface area contributed by atoms with E-state index in [1.165, 1.54) is 22.9 Å². The molecule has 0 spiro atoms. The van der Waals surface area contributed by atoms with Crippen molar-refractivity contribution in [3.05, 3.63) is 78.4 Å². The standard InChI is InChI=1S/C23H21FN4/c24-19-9-7-17(8-10-19)21-14-22(27-26-21)18-5-3-13-28(15-18)23-20-6-2-1-4-16(20)11-12-25-23/h1-2,4,6-12,14,18H,3,5,13,15H2,(H,26,27)/t18-/m0/s1. The van der Waals surface area contributed by atoms with Gasteiger partial charge in [0, 0.05) is 41.8 Å².